The summed E-state index contributed by atoms with van der Waals surface area (Å²) in [7, 11) is 0. The molecule has 0 aliphatic carbocycles. The molecule has 1 aromatic carbocycles. The van der Waals surface area contributed by atoms with Crippen LogP contribution in [0.5, 0.6) is 5.75 Å². The molecule has 4 N–H and O–H groups in total. The Labute approximate surface area is 138 Å². The van der Waals surface area contributed by atoms with E-state index < -0.39 is 37.0 Å². The van der Waals surface area contributed by atoms with Crippen molar-refractivity contribution in [3.05, 3.63) is 29.8 Å². The van der Waals surface area contributed by atoms with Gasteiger partial charge in [0.15, 0.2) is 6.61 Å². The van der Waals surface area contributed by atoms with Gasteiger partial charge in [-0.05, 0) is 38.1 Å². The first-order chi connectivity index (χ1) is 11.3. The summed E-state index contributed by atoms with van der Waals surface area (Å²) in [5.74, 6) is -1.54. The van der Waals surface area contributed by atoms with Crippen LogP contribution in [0.25, 0.3) is 0 Å². The first-order valence-corrected chi connectivity index (χ1v) is 7.07. The van der Waals surface area contributed by atoms with E-state index >= 15 is 0 Å². The molecule has 0 aliphatic heterocycles. The summed E-state index contributed by atoms with van der Waals surface area (Å²) < 4.78 is 10.0. The number of primary amides is 1. The van der Waals surface area contributed by atoms with E-state index in [2.05, 4.69) is 10.1 Å². The zero-order valence-corrected chi connectivity index (χ0v) is 13.3. The van der Waals surface area contributed by atoms with Gasteiger partial charge in [-0.2, -0.15) is 0 Å². The SMILES string of the molecule is CC(C)Oc1ccc(C(=O)NCC(=O)OCC(=O)NC(N)=O)cc1. The molecule has 0 saturated carbocycles. The lowest BCUT2D eigenvalue weighted by molar-refractivity contribution is -0.147. The van der Waals surface area contributed by atoms with Gasteiger partial charge in [0.05, 0.1) is 6.10 Å². The number of hydrogen-bond acceptors (Lipinski definition) is 6. The molecule has 9 heteroatoms. The van der Waals surface area contributed by atoms with Gasteiger partial charge >= 0.3 is 12.0 Å². The molecule has 0 unspecified atom stereocenters. The molecule has 4 amide bonds. The number of imide groups is 1. The predicted octanol–water partition coefficient (Wildman–Crippen LogP) is -0.0583. The standard InChI is InChI=1S/C15H19N3O6/c1-9(2)24-11-5-3-10(4-6-11)14(21)17-7-13(20)23-8-12(19)18-15(16)22/h3-6,9H,7-8H2,1-2H3,(H,17,21)(H3,16,18,19,22). The highest BCUT2D eigenvalue weighted by Gasteiger charge is 2.11. The largest absolute Gasteiger partial charge is 0.491 e. The Hall–Kier alpha value is -3.10. The molecule has 0 bridgehead atoms. The highest BCUT2D eigenvalue weighted by molar-refractivity contribution is 5.97. The molecule has 0 heterocycles. The van der Waals surface area contributed by atoms with Crippen LogP contribution in [0.2, 0.25) is 0 Å². The van der Waals surface area contributed by atoms with Crippen molar-refractivity contribution in [2.24, 2.45) is 5.73 Å². The first-order valence-electron chi connectivity index (χ1n) is 7.07. The second kappa shape index (κ2) is 9.13. The van der Waals surface area contributed by atoms with Crippen molar-refractivity contribution in [3.8, 4) is 5.75 Å². The lowest BCUT2D eigenvalue weighted by Gasteiger charge is -2.10. The van der Waals surface area contributed by atoms with Gasteiger partial charge in [-0.25, -0.2) is 4.79 Å². The van der Waals surface area contributed by atoms with Crippen molar-refractivity contribution in [1.82, 2.24) is 10.6 Å². The Bertz CT molecular complexity index is 612. The summed E-state index contributed by atoms with van der Waals surface area (Å²) >= 11 is 0. The topological polar surface area (TPSA) is 137 Å². The van der Waals surface area contributed by atoms with Crippen LogP contribution in [0, 0.1) is 0 Å². The molecule has 0 aliphatic rings. The van der Waals surface area contributed by atoms with E-state index in [1.165, 1.54) is 0 Å². The van der Waals surface area contributed by atoms with Crippen molar-refractivity contribution < 1.29 is 28.7 Å². The highest BCUT2D eigenvalue weighted by atomic mass is 16.5. The number of amides is 4. The Morgan fingerprint density at radius 3 is 2.29 bits per heavy atom. The summed E-state index contributed by atoms with van der Waals surface area (Å²) in [6, 6.07) is 5.34. The summed E-state index contributed by atoms with van der Waals surface area (Å²) in [5, 5.41) is 4.08. The van der Waals surface area contributed by atoms with Gasteiger partial charge in [0.1, 0.15) is 12.3 Å². The van der Waals surface area contributed by atoms with Crippen LogP contribution in [-0.2, 0) is 14.3 Å². The fraction of sp³-hybridized carbons (Fsp3) is 0.333. The fourth-order valence-electron chi connectivity index (χ4n) is 1.58. The van der Waals surface area contributed by atoms with E-state index in [0.29, 0.717) is 11.3 Å². The van der Waals surface area contributed by atoms with Crippen LogP contribution in [0.1, 0.15) is 24.2 Å². The molecule has 9 nitrogen and oxygen atoms in total. The molecule has 0 saturated heterocycles. The minimum atomic E-state index is -1.05. The molecule has 0 atom stereocenters. The van der Waals surface area contributed by atoms with Gasteiger partial charge in [-0.15, -0.1) is 0 Å². The number of esters is 1. The van der Waals surface area contributed by atoms with Gasteiger partial charge in [0, 0.05) is 5.56 Å². The monoisotopic (exact) mass is 337 g/mol. The van der Waals surface area contributed by atoms with Crippen molar-refractivity contribution in [1.29, 1.82) is 0 Å². The van der Waals surface area contributed by atoms with Crippen molar-refractivity contribution in [3.63, 3.8) is 0 Å². The van der Waals surface area contributed by atoms with E-state index in [9.17, 15) is 19.2 Å². The third kappa shape index (κ3) is 7.25. The van der Waals surface area contributed by atoms with E-state index in [-0.39, 0.29) is 6.10 Å². The maximum absolute atomic E-state index is 11.9. The van der Waals surface area contributed by atoms with Gasteiger partial charge in [0.25, 0.3) is 11.8 Å². The average molecular weight is 337 g/mol. The predicted molar refractivity (Wildman–Crippen MR) is 83.2 cm³/mol. The van der Waals surface area contributed by atoms with Crippen molar-refractivity contribution in [2.45, 2.75) is 20.0 Å². The maximum Gasteiger partial charge on any atom is 0.325 e. The number of urea groups is 1. The van der Waals surface area contributed by atoms with Gasteiger partial charge in [0.2, 0.25) is 0 Å². The first kappa shape index (κ1) is 18.9. The number of nitrogens with two attached hydrogens (primary N) is 1. The second-order valence-electron chi connectivity index (χ2n) is 4.95. The Kier molecular flexibility index (Phi) is 7.21. The third-order valence-electron chi connectivity index (χ3n) is 2.51. The summed E-state index contributed by atoms with van der Waals surface area (Å²) in [5.41, 5.74) is 5.06. The molecular weight excluding hydrogens is 318 g/mol. The Morgan fingerprint density at radius 1 is 1.12 bits per heavy atom. The molecular formula is C15H19N3O6. The van der Waals surface area contributed by atoms with Gasteiger partial charge in [-0.3, -0.25) is 19.7 Å². The Morgan fingerprint density at radius 2 is 1.75 bits per heavy atom. The molecule has 24 heavy (non-hydrogen) atoms. The minimum absolute atomic E-state index is 0.0196. The summed E-state index contributed by atoms with van der Waals surface area (Å²) in [6.07, 6.45) is 0.0196. The number of rotatable bonds is 7. The lowest BCUT2D eigenvalue weighted by atomic mass is 10.2. The highest BCUT2D eigenvalue weighted by Crippen LogP contribution is 2.13. The number of carbonyl (C=O) groups excluding carboxylic acids is 4. The van der Waals surface area contributed by atoms with Crippen LogP contribution in [0.3, 0.4) is 0 Å². The van der Waals surface area contributed by atoms with Crippen molar-refractivity contribution in [2.75, 3.05) is 13.2 Å². The molecule has 1 rings (SSSR count). The fourth-order valence-corrected chi connectivity index (χ4v) is 1.58. The summed E-state index contributed by atoms with van der Waals surface area (Å²) in [4.78, 5) is 44.7. The number of benzene rings is 1. The smallest absolute Gasteiger partial charge is 0.325 e. The zero-order valence-electron chi connectivity index (χ0n) is 13.3. The number of hydrogen-bond donors (Lipinski definition) is 3. The summed E-state index contributed by atoms with van der Waals surface area (Å²) in [6.45, 7) is 2.68. The average Bonchev–Trinajstić information content (AvgIpc) is 2.50. The number of ether oxygens (including phenoxy) is 2. The second-order valence-corrected chi connectivity index (χ2v) is 4.95. The van der Waals surface area contributed by atoms with E-state index in [1.807, 2.05) is 13.8 Å². The van der Waals surface area contributed by atoms with E-state index in [1.54, 1.807) is 29.6 Å². The van der Waals surface area contributed by atoms with Crippen LogP contribution < -0.4 is 21.1 Å². The molecule has 0 fully saturated rings. The lowest BCUT2D eigenvalue weighted by Crippen LogP contribution is -2.39. The van der Waals surface area contributed by atoms with Gasteiger partial charge < -0.3 is 20.5 Å². The van der Waals surface area contributed by atoms with E-state index in [0.717, 1.165) is 0 Å². The number of nitrogens with one attached hydrogen (secondary N) is 2. The van der Waals surface area contributed by atoms with Crippen LogP contribution >= 0.6 is 0 Å². The zero-order chi connectivity index (χ0) is 18.1. The van der Waals surface area contributed by atoms with Gasteiger partial charge in [-0.1, -0.05) is 0 Å². The van der Waals surface area contributed by atoms with Crippen molar-refractivity contribution >= 4 is 23.8 Å². The maximum atomic E-state index is 11.9. The molecule has 0 radical (unpaired) electrons. The van der Waals surface area contributed by atoms with E-state index in [4.69, 9.17) is 10.5 Å². The molecule has 0 spiro atoms. The third-order valence-corrected chi connectivity index (χ3v) is 2.51. The molecule has 130 valence electrons. The molecule has 1 aromatic rings. The molecule has 0 aromatic heterocycles. The Balaban J connectivity index is 2.38. The number of carbonyl (C=O) groups is 4. The van der Waals surface area contributed by atoms with Crippen LogP contribution in [0.15, 0.2) is 24.3 Å². The van der Waals surface area contributed by atoms with Crippen LogP contribution in [0.4, 0.5) is 4.79 Å². The van der Waals surface area contributed by atoms with Crippen LogP contribution in [-0.4, -0.2) is 43.1 Å². The quantitative estimate of drug-likeness (QED) is 0.596. The normalized spacial score (nSPS) is 9.96. The minimum Gasteiger partial charge on any atom is -0.491 e.